The molecular formula is C34H34N6O2. The SMILES string of the molecule is CN1CCN(Cc2ccc(NC(=C3C(=O)Nc4ccc(C(=O)NCc5ccccc5)cc43)c3cccnc3)cc2)CC1. The van der Waals surface area contributed by atoms with Crippen LogP contribution in [0.1, 0.15) is 32.6 Å². The maximum atomic E-state index is 13.4. The van der Waals surface area contributed by atoms with E-state index in [1.165, 1.54) is 5.56 Å². The van der Waals surface area contributed by atoms with E-state index in [0.717, 1.165) is 49.5 Å². The van der Waals surface area contributed by atoms with E-state index >= 15 is 0 Å². The molecule has 6 rings (SSSR count). The summed E-state index contributed by atoms with van der Waals surface area (Å²) >= 11 is 0. The van der Waals surface area contributed by atoms with Crippen LogP contribution < -0.4 is 16.0 Å². The molecule has 0 aliphatic carbocycles. The van der Waals surface area contributed by atoms with Crippen molar-refractivity contribution in [2.45, 2.75) is 13.1 Å². The molecule has 1 saturated heterocycles. The van der Waals surface area contributed by atoms with Gasteiger partial charge in [-0.3, -0.25) is 19.5 Å². The van der Waals surface area contributed by atoms with E-state index < -0.39 is 0 Å². The van der Waals surface area contributed by atoms with Gasteiger partial charge in [-0.1, -0.05) is 42.5 Å². The van der Waals surface area contributed by atoms with Gasteiger partial charge < -0.3 is 20.9 Å². The van der Waals surface area contributed by atoms with Gasteiger partial charge in [-0.2, -0.15) is 0 Å². The van der Waals surface area contributed by atoms with Crippen molar-refractivity contribution >= 4 is 34.5 Å². The van der Waals surface area contributed by atoms with E-state index in [1.807, 2.05) is 54.6 Å². The summed E-state index contributed by atoms with van der Waals surface area (Å²) < 4.78 is 0. The summed E-state index contributed by atoms with van der Waals surface area (Å²) in [6.07, 6.45) is 3.44. The molecule has 2 aliphatic rings. The second-order valence-corrected chi connectivity index (χ2v) is 10.8. The molecule has 3 aromatic carbocycles. The second kappa shape index (κ2) is 12.4. The van der Waals surface area contributed by atoms with Crippen LogP contribution in [-0.2, 0) is 17.9 Å². The first-order chi connectivity index (χ1) is 20.5. The van der Waals surface area contributed by atoms with Gasteiger partial charge in [0.25, 0.3) is 11.8 Å². The van der Waals surface area contributed by atoms with Gasteiger partial charge >= 0.3 is 0 Å². The van der Waals surface area contributed by atoms with Gasteiger partial charge in [0.2, 0.25) is 0 Å². The van der Waals surface area contributed by atoms with Crippen LogP contribution in [-0.4, -0.2) is 59.8 Å². The molecule has 42 heavy (non-hydrogen) atoms. The summed E-state index contributed by atoms with van der Waals surface area (Å²) in [6.45, 7) is 5.63. The number of hydrogen-bond acceptors (Lipinski definition) is 6. The molecule has 1 fully saturated rings. The highest BCUT2D eigenvalue weighted by atomic mass is 16.2. The minimum absolute atomic E-state index is 0.202. The number of carbonyl (C=O) groups excluding carboxylic acids is 2. The lowest BCUT2D eigenvalue weighted by molar-refractivity contribution is -0.110. The fraction of sp³-hybridized carbons (Fsp3) is 0.206. The monoisotopic (exact) mass is 558 g/mol. The Morgan fingerprint density at radius 2 is 1.67 bits per heavy atom. The number of piperazine rings is 1. The number of benzene rings is 3. The van der Waals surface area contributed by atoms with Crippen LogP contribution in [0.5, 0.6) is 0 Å². The Labute approximate surface area is 246 Å². The van der Waals surface area contributed by atoms with Crippen molar-refractivity contribution in [3.8, 4) is 0 Å². The average Bonchev–Trinajstić information content (AvgIpc) is 3.36. The standard InChI is InChI=1S/C34H34N6O2/c1-39-16-18-40(19-17-39)23-25-9-12-28(13-10-25)37-32(27-8-5-15-35-22-27)31-29-20-26(11-14-30(29)38-34(31)42)33(41)36-21-24-6-3-2-4-7-24/h2-15,20,22,37H,16-19,21,23H2,1H3,(H,36,41)(H,38,42). The number of amides is 2. The van der Waals surface area contributed by atoms with E-state index in [-0.39, 0.29) is 11.8 Å². The molecule has 3 N–H and O–H groups in total. The lowest BCUT2D eigenvalue weighted by Crippen LogP contribution is -2.43. The number of likely N-dealkylation sites (N-methyl/N-ethyl adjacent to an activating group) is 1. The minimum atomic E-state index is -0.232. The Balaban J connectivity index is 1.27. The van der Waals surface area contributed by atoms with Crippen LogP contribution in [0.4, 0.5) is 11.4 Å². The van der Waals surface area contributed by atoms with Crippen molar-refractivity contribution in [1.29, 1.82) is 0 Å². The molecule has 212 valence electrons. The molecule has 0 atom stereocenters. The number of nitrogens with zero attached hydrogens (tertiary/aromatic N) is 3. The maximum absolute atomic E-state index is 13.4. The normalized spacial score (nSPS) is 16.5. The molecule has 3 heterocycles. The quantitative estimate of drug-likeness (QED) is 0.272. The summed E-state index contributed by atoms with van der Waals surface area (Å²) in [7, 11) is 2.16. The van der Waals surface area contributed by atoms with Crippen molar-refractivity contribution in [2.24, 2.45) is 0 Å². The van der Waals surface area contributed by atoms with Crippen molar-refractivity contribution in [3.05, 3.63) is 125 Å². The second-order valence-electron chi connectivity index (χ2n) is 10.8. The Hall–Kier alpha value is -4.79. The highest BCUT2D eigenvalue weighted by Crippen LogP contribution is 2.38. The van der Waals surface area contributed by atoms with Crippen LogP contribution in [0, 0.1) is 0 Å². The summed E-state index contributed by atoms with van der Waals surface area (Å²) in [5, 5.41) is 9.44. The molecule has 2 amide bonds. The first-order valence-electron chi connectivity index (χ1n) is 14.2. The number of hydrogen-bond donors (Lipinski definition) is 3. The molecule has 1 aromatic heterocycles. The van der Waals surface area contributed by atoms with Gasteiger partial charge in [0.05, 0.1) is 11.3 Å². The largest absolute Gasteiger partial charge is 0.354 e. The van der Waals surface area contributed by atoms with Gasteiger partial charge in [0, 0.05) is 79.7 Å². The van der Waals surface area contributed by atoms with E-state index in [0.29, 0.717) is 34.6 Å². The molecule has 0 bridgehead atoms. The average molecular weight is 559 g/mol. The predicted octanol–water partition coefficient (Wildman–Crippen LogP) is 4.69. The van der Waals surface area contributed by atoms with E-state index in [1.54, 1.807) is 30.6 Å². The van der Waals surface area contributed by atoms with E-state index in [4.69, 9.17) is 0 Å². The number of fused-ring (bicyclic) bond motifs is 1. The fourth-order valence-electron chi connectivity index (χ4n) is 5.33. The number of pyridine rings is 1. The van der Waals surface area contributed by atoms with Gasteiger partial charge in [-0.05, 0) is 60.6 Å². The van der Waals surface area contributed by atoms with Crippen molar-refractivity contribution in [2.75, 3.05) is 43.9 Å². The molecule has 4 aromatic rings. The Kier molecular flexibility index (Phi) is 8.07. The van der Waals surface area contributed by atoms with Gasteiger partial charge in [-0.15, -0.1) is 0 Å². The topological polar surface area (TPSA) is 89.6 Å². The van der Waals surface area contributed by atoms with Crippen LogP contribution in [0.3, 0.4) is 0 Å². The number of rotatable bonds is 8. The molecule has 2 aliphatic heterocycles. The lowest BCUT2D eigenvalue weighted by atomic mass is 9.98. The number of aromatic nitrogens is 1. The summed E-state index contributed by atoms with van der Waals surface area (Å²) in [4.78, 5) is 35.6. The van der Waals surface area contributed by atoms with Crippen LogP contribution in [0.15, 0.2) is 97.3 Å². The molecule has 0 saturated carbocycles. The molecule has 0 unspecified atom stereocenters. The molecular weight excluding hydrogens is 524 g/mol. The maximum Gasteiger partial charge on any atom is 0.258 e. The van der Waals surface area contributed by atoms with Gasteiger partial charge in [0.15, 0.2) is 0 Å². The Bertz CT molecular complexity index is 1590. The number of nitrogens with one attached hydrogen (secondary N) is 3. The fourth-order valence-corrected chi connectivity index (χ4v) is 5.33. The van der Waals surface area contributed by atoms with Crippen molar-refractivity contribution in [3.63, 3.8) is 0 Å². The molecule has 0 spiro atoms. The summed E-state index contributed by atoms with van der Waals surface area (Å²) in [5.41, 5.74) is 6.82. The first kappa shape index (κ1) is 27.4. The smallest absolute Gasteiger partial charge is 0.258 e. The van der Waals surface area contributed by atoms with Crippen LogP contribution in [0.2, 0.25) is 0 Å². The third-order valence-electron chi connectivity index (χ3n) is 7.75. The predicted molar refractivity (Wildman–Crippen MR) is 167 cm³/mol. The third-order valence-corrected chi connectivity index (χ3v) is 7.75. The minimum Gasteiger partial charge on any atom is -0.354 e. The van der Waals surface area contributed by atoms with Crippen LogP contribution in [0.25, 0.3) is 11.3 Å². The summed E-state index contributed by atoms with van der Waals surface area (Å²) in [6, 6.07) is 27.2. The van der Waals surface area contributed by atoms with E-state index in [2.05, 4.69) is 49.9 Å². The first-order valence-corrected chi connectivity index (χ1v) is 14.2. The zero-order valence-corrected chi connectivity index (χ0v) is 23.6. The van der Waals surface area contributed by atoms with Gasteiger partial charge in [0.1, 0.15) is 0 Å². The van der Waals surface area contributed by atoms with Crippen molar-refractivity contribution in [1.82, 2.24) is 20.1 Å². The highest BCUT2D eigenvalue weighted by Gasteiger charge is 2.29. The van der Waals surface area contributed by atoms with Crippen molar-refractivity contribution < 1.29 is 9.59 Å². The lowest BCUT2D eigenvalue weighted by Gasteiger charge is -2.32. The summed E-state index contributed by atoms with van der Waals surface area (Å²) in [5.74, 6) is -0.433. The zero-order valence-electron chi connectivity index (χ0n) is 23.6. The Morgan fingerprint density at radius 3 is 2.40 bits per heavy atom. The highest BCUT2D eigenvalue weighted by molar-refractivity contribution is 6.37. The third kappa shape index (κ3) is 6.25. The van der Waals surface area contributed by atoms with Gasteiger partial charge in [-0.25, -0.2) is 0 Å². The van der Waals surface area contributed by atoms with Crippen LogP contribution >= 0.6 is 0 Å². The number of anilines is 2. The van der Waals surface area contributed by atoms with E-state index in [9.17, 15) is 9.59 Å². The molecule has 8 nitrogen and oxygen atoms in total. The Morgan fingerprint density at radius 1 is 0.881 bits per heavy atom. The number of carbonyl (C=O) groups is 2. The molecule has 8 heteroatoms. The molecule has 0 radical (unpaired) electrons. The zero-order chi connectivity index (χ0) is 28.9.